The van der Waals surface area contributed by atoms with Crippen molar-refractivity contribution in [2.45, 2.75) is 33.7 Å². The van der Waals surface area contributed by atoms with Gasteiger partial charge in [-0.25, -0.2) is 0 Å². The second-order valence-electron chi connectivity index (χ2n) is 5.91. The molecule has 1 heterocycles. The maximum atomic E-state index is 12.2. The molecule has 0 aliphatic carbocycles. The molecule has 1 aliphatic heterocycles. The summed E-state index contributed by atoms with van der Waals surface area (Å²) in [6.45, 7) is 11.6. The molecule has 1 amide bonds. The van der Waals surface area contributed by atoms with Gasteiger partial charge in [-0.2, -0.15) is 0 Å². The van der Waals surface area contributed by atoms with E-state index in [1.165, 1.54) is 5.56 Å². The number of piperazine rings is 1. The van der Waals surface area contributed by atoms with E-state index in [9.17, 15) is 4.79 Å². The quantitative estimate of drug-likeness (QED) is 0.885. The van der Waals surface area contributed by atoms with E-state index in [0.29, 0.717) is 12.6 Å². The Hall–Kier alpha value is -1.39. The van der Waals surface area contributed by atoms with Gasteiger partial charge in [0.1, 0.15) is 0 Å². The predicted octanol–water partition coefficient (Wildman–Crippen LogP) is 1.84. The first kappa shape index (κ1) is 15.0. The van der Waals surface area contributed by atoms with E-state index in [2.05, 4.69) is 41.5 Å². The van der Waals surface area contributed by atoms with Crippen LogP contribution in [0.4, 0.5) is 5.69 Å². The molecule has 1 aromatic carbocycles. The molecule has 1 atom stereocenters. The van der Waals surface area contributed by atoms with E-state index >= 15 is 0 Å². The third-order valence-electron chi connectivity index (χ3n) is 3.76. The molecule has 0 spiro atoms. The van der Waals surface area contributed by atoms with E-state index in [1.807, 2.05) is 13.8 Å². The van der Waals surface area contributed by atoms with E-state index in [-0.39, 0.29) is 5.91 Å². The Kier molecular flexibility index (Phi) is 4.78. The summed E-state index contributed by atoms with van der Waals surface area (Å²) in [5.41, 5.74) is 4.45. The number of nitrogens with one attached hydrogen (secondary N) is 2. The summed E-state index contributed by atoms with van der Waals surface area (Å²) in [7, 11) is 0. The zero-order valence-electron chi connectivity index (χ0n) is 12.9. The van der Waals surface area contributed by atoms with Crippen LogP contribution < -0.4 is 10.6 Å². The van der Waals surface area contributed by atoms with Crippen molar-refractivity contribution in [1.29, 1.82) is 0 Å². The number of nitrogens with zero attached hydrogens (tertiary/aromatic N) is 1. The van der Waals surface area contributed by atoms with Gasteiger partial charge in [0.15, 0.2) is 0 Å². The van der Waals surface area contributed by atoms with Crippen LogP contribution in [0.25, 0.3) is 0 Å². The lowest BCUT2D eigenvalue weighted by Gasteiger charge is -2.31. The highest BCUT2D eigenvalue weighted by Crippen LogP contribution is 2.21. The van der Waals surface area contributed by atoms with E-state index in [1.54, 1.807) is 0 Å². The molecule has 0 radical (unpaired) electrons. The lowest BCUT2D eigenvalue weighted by Crippen LogP contribution is -2.51. The first-order chi connectivity index (χ1) is 9.45. The van der Waals surface area contributed by atoms with Gasteiger partial charge < -0.3 is 10.6 Å². The SMILES string of the molecule is Cc1cc(C)c(NC(=O)CN2CCN[C@H](C)C2)c(C)c1. The first-order valence-corrected chi connectivity index (χ1v) is 7.29. The molecule has 0 bridgehead atoms. The second kappa shape index (κ2) is 6.37. The fraction of sp³-hybridized carbons (Fsp3) is 0.562. The topological polar surface area (TPSA) is 44.4 Å². The predicted molar refractivity (Wildman–Crippen MR) is 83.2 cm³/mol. The Morgan fingerprint density at radius 1 is 1.35 bits per heavy atom. The molecule has 1 aromatic rings. The highest BCUT2D eigenvalue weighted by Gasteiger charge is 2.18. The average molecular weight is 275 g/mol. The van der Waals surface area contributed by atoms with Gasteiger partial charge in [-0.05, 0) is 38.8 Å². The molecule has 2 rings (SSSR count). The number of rotatable bonds is 3. The molecule has 0 unspecified atom stereocenters. The van der Waals surface area contributed by atoms with Crippen LogP contribution >= 0.6 is 0 Å². The van der Waals surface area contributed by atoms with Crippen LogP contribution in [0.1, 0.15) is 23.6 Å². The van der Waals surface area contributed by atoms with Gasteiger partial charge in [0.25, 0.3) is 0 Å². The Labute approximate surface area is 121 Å². The summed E-state index contributed by atoms with van der Waals surface area (Å²) in [5, 5.41) is 6.45. The van der Waals surface area contributed by atoms with Gasteiger partial charge in [-0.1, -0.05) is 17.7 Å². The summed E-state index contributed by atoms with van der Waals surface area (Å²) < 4.78 is 0. The largest absolute Gasteiger partial charge is 0.324 e. The summed E-state index contributed by atoms with van der Waals surface area (Å²) in [6.07, 6.45) is 0. The molecule has 0 aromatic heterocycles. The highest BCUT2D eigenvalue weighted by atomic mass is 16.2. The van der Waals surface area contributed by atoms with Gasteiger partial charge in [0, 0.05) is 31.4 Å². The number of hydrogen-bond acceptors (Lipinski definition) is 3. The fourth-order valence-corrected chi connectivity index (χ4v) is 2.92. The third kappa shape index (κ3) is 3.81. The van der Waals surface area contributed by atoms with Crippen molar-refractivity contribution in [3.63, 3.8) is 0 Å². The minimum atomic E-state index is 0.0779. The smallest absolute Gasteiger partial charge is 0.238 e. The maximum Gasteiger partial charge on any atom is 0.238 e. The zero-order chi connectivity index (χ0) is 14.7. The molecule has 1 aliphatic rings. The molecule has 20 heavy (non-hydrogen) atoms. The number of amides is 1. The molecule has 4 nitrogen and oxygen atoms in total. The molecule has 0 saturated carbocycles. The Balaban J connectivity index is 1.98. The first-order valence-electron chi connectivity index (χ1n) is 7.29. The number of carbonyl (C=O) groups excluding carboxylic acids is 1. The molecule has 4 heteroatoms. The van der Waals surface area contributed by atoms with Crippen LogP contribution in [0.5, 0.6) is 0 Å². The van der Waals surface area contributed by atoms with Crippen molar-refractivity contribution in [3.8, 4) is 0 Å². The number of benzene rings is 1. The number of aryl methyl sites for hydroxylation is 3. The average Bonchev–Trinajstić information content (AvgIpc) is 2.33. The van der Waals surface area contributed by atoms with Gasteiger partial charge in [0.05, 0.1) is 6.54 Å². The van der Waals surface area contributed by atoms with Crippen LogP contribution in [-0.2, 0) is 4.79 Å². The minimum absolute atomic E-state index is 0.0779. The Bertz CT molecular complexity index is 475. The fourth-order valence-electron chi connectivity index (χ4n) is 2.92. The van der Waals surface area contributed by atoms with Crippen molar-refractivity contribution in [3.05, 3.63) is 28.8 Å². The van der Waals surface area contributed by atoms with Gasteiger partial charge >= 0.3 is 0 Å². The van der Waals surface area contributed by atoms with Gasteiger partial charge in [-0.15, -0.1) is 0 Å². The van der Waals surface area contributed by atoms with Crippen LogP contribution in [0, 0.1) is 20.8 Å². The summed E-state index contributed by atoms with van der Waals surface area (Å²) in [4.78, 5) is 14.4. The Morgan fingerprint density at radius 3 is 2.60 bits per heavy atom. The third-order valence-corrected chi connectivity index (χ3v) is 3.76. The van der Waals surface area contributed by atoms with Crippen molar-refractivity contribution in [1.82, 2.24) is 10.2 Å². The second-order valence-corrected chi connectivity index (χ2v) is 5.91. The van der Waals surface area contributed by atoms with Crippen LogP contribution in [0.3, 0.4) is 0 Å². The van der Waals surface area contributed by atoms with E-state index in [4.69, 9.17) is 0 Å². The molecule has 2 N–H and O–H groups in total. The monoisotopic (exact) mass is 275 g/mol. The maximum absolute atomic E-state index is 12.2. The standard InChI is InChI=1S/C16H25N3O/c1-11-7-12(2)16(13(3)8-11)18-15(20)10-19-6-5-17-14(4)9-19/h7-8,14,17H,5-6,9-10H2,1-4H3,(H,18,20)/t14-/m1/s1. The number of anilines is 1. The van der Waals surface area contributed by atoms with Crippen LogP contribution in [0.2, 0.25) is 0 Å². The molecular weight excluding hydrogens is 250 g/mol. The molecule has 1 fully saturated rings. The van der Waals surface area contributed by atoms with Crippen molar-refractivity contribution in [2.75, 3.05) is 31.5 Å². The van der Waals surface area contributed by atoms with Crippen molar-refractivity contribution >= 4 is 11.6 Å². The normalized spacial score (nSPS) is 19.9. The van der Waals surface area contributed by atoms with Crippen LogP contribution in [-0.4, -0.2) is 43.0 Å². The van der Waals surface area contributed by atoms with Crippen LogP contribution in [0.15, 0.2) is 12.1 Å². The van der Waals surface area contributed by atoms with Gasteiger partial charge in [-0.3, -0.25) is 9.69 Å². The minimum Gasteiger partial charge on any atom is -0.324 e. The highest BCUT2D eigenvalue weighted by molar-refractivity contribution is 5.93. The number of carbonyl (C=O) groups is 1. The molecule has 1 saturated heterocycles. The number of hydrogen-bond donors (Lipinski definition) is 2. The zero-order valence-corrected chi connectivity index (χ0v) is 12.9. The lowest BCUT2D eigenvalue weighted by molar-refractivity contribution is -0.117. The molecular formula is C16H25N3O. The summed E-state index contributed by atoms with van der Waals surface area (Å²) in [5.74, 6) is 0.0779. The van der Waals surface area contributed by atoms with E-state index in [0.717, 1.165) is 36.4 Å². The van der Waals surface area contributed by atoms with E-state index < -0.39 is 0 Å². The summed E-state index contributed by atoms with van der Waals surface area (Å²) >= 11 is 0. The van der Waals surface area contributed by atoms with Crippen molar-refractivity contribution < 1.29 is 4.79 Å². The van der Waals surface area contributed by atoms with Crippen molar-refractivity contribution in [2.24, 2.45) is 0 Å². The molecule has 110 valence electrons. The lowest BCUT2D eigenvalue weighted by atomic mass is 10.1. The summed E-state index contributed by atoms with van der Waals surface area (Å²) in [6, 6.07) is 4.67. The Morgan fingerprint density at radius 2 is 2.00 bits per heavy atom. The van der Waals surface area contributed by atoms with Gasteiger partial charge in [0.2, 0.25) is 5.91 Å².